The minimum absolute atomic E-state index is 0.0543. The van der Waals surface area contributed by atoms with E-state index in [1.54, 1.807) is 0 Å². The summed E-state index contributed by atoms with van der Waals surface area (Å²) in [5.41, 5.74) is 0. The van der Waals surface area contributed by atoms with Gasteiger partial charge >= 0.3 is 5.97 Å². The molecule has 4 heteroatoms. The maximum absolute atomic E-state index is 12.0. The molecule has 0 aliphatic heterocycles. The summed E-state index contributed by atoms with van der Waals surface area (Å²) in [6.45, 7) is 7.58. The maximum Gasteiger partial charge on any atom is 0.305 e. The van der Waals surface area contributed by atoms with Gasteiger partial charge < -0.3 is 9.84 Å². The summed E-state index contributed by atoms with van der Waals surface area (Å²) in [6, 6.07) is 0. The number of aliphatic hydroxyl groups is 1. The summed E-state index contributed by atoms with van der Waals surface area (Å²) in [7, 11) is 0. The SMILES string of the molecule is CCCCCCCCCCCCCCC(=O)OCCN(CCO)CCCCCCCCCCCCCC. The van der Waals surface area contributed by atoms with Crippen molar-refractivity contribution in [3.8, 4) is 0 Å². The zero-order valence-electron chi connectivity index (χ0n) is 25.4. The molecule has 1 N–H and O–H groups in total. The lowest BCUT2D eigenvalue weighted by Gasteiger charge is -2.21. The van der Waals surface area contributed by atoms with Crippen molar-refractivity contribution in [2.75, 3.05) is 32.8 Å². The van der Waals surface area contributed by atoms with E-state index in [4.69, 9.17) is 4.74 Å². The van der Waals surface area contributed by atoms with Crippen molar-refractivity contribution in [2.45, 2.75) is 174 Å². The van der Waals surface area contributed by atoms with E-state index in [1.165, 1.54) is 141 Å². The summed E-state index contributed by atoms with van der Waals surface area (Å²) < 4.78 is 5.47. The molecule has 0 saturated carbocycles. The second-order valence-corrected chi connectivity index (χ2v) is 11.3. The quantitative estimate of drug-likeness (QED) is 0.0723. The molecule has 0 atom stereocenters. The fraction of sp³-hybridized carbons (Fsp3) is 0.970. The smallest absolute Gasteiger partial charge is 0.305 e. The molecule has 0 aromatic rings. The minimum atomic E-state index is -0.0543. The van der Waals surface area contributed by atoms with Gasteiger partial charge in [-0.3, -0.25) is 9.69 Å². The Morgan fingerprint density at radius 3 is 1.30 bits per heavy atom. The van der Waals surface area contributed by atoms with Gasteiger partial charge in [-0.2, -0.15) is 0 Å². The monoisotopic (exact) mass is 526 g/mol. The molecule has 0 saturated heterocycles. The number of carbonyl (C=O) groups is 1. The molecule has 0 amide bonds. The molecule has 0 aromatic carbocycles. The molecule has 0 aliphatic carbocycles. The van der Waals surface area contributed by atoms with E-state index in [9.17, 15) is 9.90 Å². The molecule has 0 radical (unpaired) electrons. The van der Waals surface area contributed by atoms with E-state index in [0.717, 1.165) is 25.9 Å². The van der Waals surface area contributed by atoms with Gasteiger partial charge in [0.2, 0.25) is 0 Å². The normalized spacial score (nSPS) is 11.5. The molecule has 0 aromatic heterocycles. The first-order chi connectivity index (χ1) is 18.2. The van der Waals surface area contributed by atoms with Crippen LogP contribution in [0.1, 0.15) is 174 Å². The van der Waals surface area contributed by atoms with E-state index in [1.807, 2.05) is 0 Å². The average molecular weight is 526 g/mol. The van der Waals surface area contributed by atoms with Gasteiger partial charge in [0.15, 0.2) is 0 Å². The predicted molar refractivity (Wildman–Crippen MR) is 161 cm³/mol. The van der Waals surface area contributed by atoms with Crippen LogP contribution in [0.2, 0.25) is 0 Å². The molecular weight excluding hydrogens is 458 g/mol. The molecule has 0 heterocycles. The van der Waals surface area contributed by atoms with Crippen LogP contribution in [0, 0.1) is 0 Å². The highest BCUT2D eigenvalue weighted by atomic mass is 16.5. The Morgan fingerprint density at radius 2 is 0.892 bits per heavy atom. The summed E-state index contributed by atoms with van der Waals surface area (Å²) in [5, 5.41) is 9.37. The number of aliphatic hydroxyl groups excluding tert-OH is 1. The van der Waals surface area contributed by atoms with Crippen molar-refractivity contribution in [1.82, 2.24) is 4.90 Å². The van der Waals surface area contributed by atoms with Gasteiger partial charge in [0.25, 0.3) is 0 Å². The molecule has 0 unspecified atom stereocenters. The number of nitrogens with zero attached hydrogens (tertiary/aromatic N) is 1. The minimum Gasteiger partial charge on any atom is -0.464 e. The predicted octanol–water partition coefficient (Wildman–Crippen LogP) is 9.62. The van der Waals surface area contributed by atoms with E-state index >= 15 is 0 Å². The lowest BCUT2D eigenvalue weighted by molar-refractivity contribution is -0.144. The molecular formula is C33H67NO3. The van der Waals surface area contributed by atoms with Gasteiger partial charge in [0, 0.05) is 19.5 Å². The number of hydrogen-bond donors (Lipinski definition) is 1. The highest BCUT2D eigenvalue weighted by Gasteiger charge is 2.07. The van der Waals surface area contributed by atoms with Gasteiger partial charge in [0.05, 0.1) is 6.61 Å². The Kier molecular flexibility index (Phi) is 31.1. The zero-order valence-corrected chi connectivity index (χ0v) is 25.4. The third kappa shape index (κ3) is 29.8. The molecule has 0 fully saturated rings. The van der Waals surface area contributed by atoms with Crippen LogP contribution in [0.25, 0.3) is 0 Å². The van der Waals surface area contributed by atoms with Crippen LogP contribution >= 0.6 is 0 Å². The first-order valence-corrected chi connectivity index (χ1v) is 16.7. The van der Waals surface area contributed by atoms with Crippen LogP contribution < -0.4 is 0 Å². The first-order valence-electron chi connectivity index (χ1n) is 16.7. The van der Waals surface area contributed by atoms with Crippen LogP contribution in [-0.4, -0.2) is 48.8 Å². The highest BCUT2D eigenvalue weighted by molar-refractivity contribution is 5.69. The lowest BCUT2D eigenvalue weighted by Crippen LogP contribution is -2.32. The van der Waals surface area contributed by atoms with Crippen LogP contribution in [0.5, 0.6) is 0 Å². The van der Waals surface area contributed by atoms with Crippen molar-refractivity contribution in [1.29, 1.82) is 0 Å². The lowest BCUT2D eigenvalue weighted by atomic mass is 10.0. The van der Waals surface area contributed by atoms with Gasteiger partial charge in [-0.25, -0.2) is 0 Å². The molecule has 4 nitrogen and oxygen atoms in total. The Hall–Kier alpha value is -0.610. The summed E-state index contributed by atoms with van der Waals surface area (Å²) in [6.07, 6.45) is 32.5. The Balaban J connectivity index is 3.51. The van der Waals surface area contributed by atoms with E-state index in [2.05, 4.69) is 18.7 Å². The van der Waals surface area contributed by atoms with E-state index in [-0.39, 0.29) is 12.6 Å². The second-order valence-electron chi connectivity index (χ2n) is 11.3. The number of esters is 1. The van der Waals surface area contributed by atoms with Crippen molar-refractivity contribution in [3.63, 3.8) is 0 Å². The molecule has 222 valence electrons. The number of unbranched alkanes of at least 4 members (excludes halogenated alkanes) is 22. The van der Waals surface area contributed by atoms with E-state index in [0.29, 0.717) is 19.6 Å². The number of carbonyl (C=O) groups excluding carboxylic acids is 1. The molecule has 37 heavy (non-hydrogen) atoms. The second kappa shape index (κ2) is 31.6. The summed E-state index contributed by atoms with van der Waals surface area (Å²) in [5.74, 6) is -0.0543. The summed E-state index contributed by atoms with van der Waals surface area (Å²) in [4.78, 5) is 14.3. The third-order valence-electron chi connectivity index (χ3n) is 7.65. The third-order valence-corrected chi connectivity index (χ3v) is 7.65. The van der Waals surface area contributed by atoms with Crippen LogP contribution in [0.4, 0.5) is 0 Å². The molecule has 0 bridgehead atoms. The van der Waals surface area contributed by atoms with Gasteiger partial charge in [-0.15, -0.1) is 0 Å². The zero-order chi connectivity index (χ0) is 27.1. The topological polar surface area (TPSA) is 49.8 Å². The van der Waals surface area contributed by atoms with Crippen LogP contribution in [0.15, 0.2) is 0 Å². The largest absolute Gasteiger partial charge is 0.464 e. The van der Waals surface area contributed by atoms with Gasteiger partial charge in [-0.05, 0) is 19.4 Å². The first kappa shape index (κ1) is 36.4. The van der Waals surface area contributed by atoms with Gasteiger partial charge in [0.1, 0.15) is 6.61 Å². The van der Waals surface area contributed by atoms with Crippen LogP contribution in [0.3, 0.4) is 0 Å². The van der Waals surface area contributed by atoms with Crippen molar-refractivity contribution in [2.24, 2.45) is 0 Å². The average Bonchev–Trinajstić information content (AvgIpc) is 2.90. The van der Waals surface area contributed by atoms with E-state index < -0.39 is 0 Å². The van der Waals surface area contributed by atoms with Crippen molar-refractivity contribution < 1.29 is 14.6 Å². The number of ether oxygens (including phenoxy) is 1. The molecule has 0 aliphatic rings. The van der Waals surface area contributed by atoms with Crippen molar-refractivity contribution >= 4 is 5.97 Å². The highest BCUT2D eigenvalue weighted by Crippen LogP contribution is 2.14. The standard InChI is InChI=1S/C33H67NO3/c1-3-5-7-9-11-13-15-17-19-21-23-25-27-33(36)37-32-30-34(29-31-35)28-26-24-22-20-18-16-14-12-10-8-6-4-2/h35H,3-32H2,1-2H3. The molecule has 0 spiro atoms. The number of rotatable bonds is 31. The Morgan fingerprint density at radius 1 is 0.514 bits per heavy atom. The van der Waals surface area contributed by atoms with Crippen LogP contribution in [-0.2, 0) is 9.53 Å². The fourth-order valence-electron chi connectivity index (χ4n) is 5.12. The number of hydrogen-bond acceptors (Lipinski definition) is 4. The Labute approximate surface area is 232 Å². The molecule has 0 rings (SSSR count). The van der Waals surface area contributed by atoms with Crippen molar-refractivity contribution in [3.05, 3.63) is 0 Å². The fourth-order valence-corrected chi connectivity index (χ4v) is 5.12. The maximum atomic E-state index is 12.0. The Bertz CT molecular complexity index is 443. The summed E-state index contributed by atoms with van der Waals surface area (Å²) >= 11 is 0. The van der Waals surface area contributed by atoms with Gasteiger partial charge in [-0.1, -0.05) is 155 Å².